The molecule has 1 unspecified atom stereocenters. The van der Waals surface area contributed by atoms with E-state index in [4.69, 9.17) is 0 Å². The molecule has 3 aromatic rings. The van der Waals surface area contributed by atoms with Gasteiger partial charge >= 0.3 is 6.18 Å². The average Bonchev–Trinajstić information content (AvgIpc) is 3.03. The molecule has 1 aliphatic carbocycles. The van der Waals surface area contributed by atoms with Gasteiger partial charge in [0.2, 0.25) is 12.3 Å². The van der Waals surface area contributed by atoms with Gasteiger partial charge in [-0.25, -0.2) is 4.39 Å². The number of imide groups is 1. The van der Waals surface area contributed by atoms with Crippen molar-refractivity contribution in [3.05, 3.63) is 71.2 Å². The Bertz CT molecular complexity index is 1470. The highest BCUT2D eigenvalue weighted by molar-refractivity contribution is 5.86. The standard InChI is InChI=1S/C32H36F4N4O3.C2H6/c1-39(15-11-28(42)38-21-41)24-17-25-27(37-18-24)10-9-26(29(25)33)31(43)14-16-40(20-30(31)12-3-2-4-13-30)19-22-5-7-23(8-6-22)32(34,35)36;1-2/h5-10,17-18,21,43H,2-4,11-16,19-20H2,1H3,(H,38,41,42);1-2H3. The molecule has 1 spiro atoms. The van der Waals surface area contributed by atoms with Crippen molar-refractivity contribution < 1.29 is 32.3 Å². The van der Waals surface area contributed by atoms with Gasteiger partial charge in [-0.05, 0) is 49.1 Å². The summed E-state index contributed by atoms with van der Waals surface area (Å²) in [5.74, 6) is -0.948. The predicted octanol–water partition coefficient (Wildman–Crippen LogP) is 6.56. The lowest BCUT2D eigenvalue weighted by Gasteiger charge is -2.56. The largest absolute Gasteiger partial charge is 0.416 e. The van der Waals surface area contributed by atoms with E-state index in [1.165, 1.54) is 12.1 Å². The SMILES string of the molecule is CC.CN(CCC(=O)NC=O)c1cnc2ccc(C3(O)CCN(Cc4ccc(C(F)(F)F)cc4)CC34CCCCC4)c(F)c2c1. The molecule has 2 aromatic carbocycles. The number of carbonyl (C=O) groups excluding carboxylic acids is 2. The summed E-state index contributed by atoms with van der Waals surface area (Å²) in [5, 5.41) is 14.8. The lowest BCUT2D eigenvalue weighted by atomic mass is 9.57. The third-order valence-corrected chi connectivity index (χ3v) is 9.26. The Hall–Kier alpha value is -3.57. The van der Waals surface area contributed by atoms with Crippen LogP contribution in [0.3, 0.4) is 0 Å². The summed E-state index contributed by atoms with van der Waals surface area (Å²) in [6, 6.07) is 10.2. The van der Waals surface area contributed by atoms with Crippen LogP contribution in [0, 0.1) is 11.2 Å². The van der Waals surface area contributed by atoms with Crippen LogP contribution in [0.5, 0.6) is 0 Å². The van der Waals surface area contributed by atoms with Crippen LogP contribution < -0.4 is 10.2 Å². The van der Waals surface area contributed by atoms with Crippen molar-refractivity contribution in [2.75, 3.05) is 31.6 Å². The van der Waals surface area contributed by atoms with E-state index in [9.17, 15) is 27.9 Å². The molecule has 0 bridgehead atoms. The summed E-state index contributed by atoms with van der Waals surface area (Å²) in [6.45, 7) is 5.70. The van der Waals surface area contributed by atoms with E-state index >= 15 is 4.39 Å². The number of rotatable bonds is 8. The van der Waals surface area contributed by atoms with Gasteiger partial charge in [0.05, 0.1) is 23.0 Å². The van der Waals surface area contributed by atoms with Gasteiger partial charge in [0.1, 0.15) is 11.4 Å². The summed E-state index contributed by atoms with van der Waals surface area (Å²) in [5.41, 5.74) is -0.705. The highest BCUT2D eigenvalue weighted by atomic mass is 19.4. The molecule has 1 aliphatic heterocycles. The highest BCUT2D eigenvalue weighted by Crippen LogP contribution is 2.55. The third kappa shape index (κ3) is 7.30. The molecule has 2 heterocycles. The molecule has 7 nitrogen and oxygen atoms in total. The summed E-state index contributed by atoms with van der Waals surface area (Å²) < 4.78 is 55.6. The number of hydrogen-bond acceptors (Lipinski definition) is 6. The Labute approximate surface area is 261 Å². The van der Waals surface area contributed by atoms with E-state index in [2.05, 4.69) is 15.2 Å². The predicted molar refractivity (Wildman–Crippen MR) is 166 cm³/mol. The number of aromatic nitrogens is 1. The van der Waals surface area contributed by atoms with E-state index in [0.717, 1.165) is 37.0 Å². The number of halogens is 4. The second kappa shape index (κ2) is 14.2. The molecule has 11 heteroatoms. The fourth-order valence-electron chi connectivity index (χ4n) is 6.85. The molecule has 1 saturated heterocycles. The number of pyridine rings is 1. The minimum Gasteiger partial charge on any atom is -0.384 e. The smallest absolute Gasteiger partial charge is 0.384 e. The first-order chi connectivity index (χ1) is 21.5. The molecular weight excluding hydrogens is 588 g/mol. The van der Waals surface area contributed by atoms with Gasteiger partial charge in [-0.2, -0.15) is 13.2 Å². The van der Waals surface area contributed by atoms with Gasteiger partial charge in [-0.15, -0.1) is 0 Å². The molecule has 2 aliphatic rings. The quantitative estimate of drug-likeness (QED) is 0.217. The van der Waals surface area contributed by atoms with Crippen LogP contribution in [0.2, 0.25) is 0 Å². The Morgan fingerprint density at radius 3 is 2.42 bits per heavy atom. The van der Waals surface area contributed by atoms with Crippen molar-refractivity contribution in [1.29, 1.82) is 0 Å². The summed E-state index contributed by atoms with van der Waals surface area (Å²) in [6.07, 6.45) is 2.16. The maximum absolute atomic E-state index is 16.4. The van der Waals surface area contributed by atoms with Crippen LogP contribution in [0.15, 0.2) is 48.7 Å². The number of nitrogens with zero attached hydrogens (tertiary/aromatic N) is 3. The highest BCUT2D eigenvalue weighted by Gasteiger charge is 2.55. The maximum atomic E-state index is 16.4. The van der Waals surface area contributed by atoms with Crippen LogP contribution in [0.1, 0.15) is 75.5 Å². The molecule has 1 atom stereocenters. The van der Waals surface area contributed by atoms with E-state index in [0.29, 0.717) is 50.1 Å². The van der Waals surface area contributed by atoms with Gasteiger partial charge < -0.3 is 10.0 Å². The van der Waals surface area contributed by atoms with Crippen molar-refractivity contribution in [2.24, 2.45) is 5.41 Å². The fourth-order valence-corrected chi connectivity index (χ4v) is 6.85. The molecule has 2 fully saturated rings. The first-order valence-corrected chi connectivity index (χ1v) is 15.6. The Morgan fingerprint density at radius 1 is 1.09 bits per heavy atom. The number of alkyl halides is 3. The summed E-state index contributed by atoms with van der Waals surface area (Å²) >= 11 is 0. The normalized spacial score (nSPS) is 19.9. The van der Waals surface area contributed by atoms with Gasteiger partial charge in [0.25, 0.3) is 0 Å². The molecule has 5 rings (SSSR count). The van der Waals surface area contributed by atoms with E-state index in [1.54, 1.807) is 36.3 Å². The number of nitrogens with one attached hydrogen (secondary N) is 1. The third-order valence-electron chi connectivity index (χ3n) is 9.26. The number of hydrogen-bond donors (Lipinski definition) is 2. The van der Waals surface area contributed by atoms with Crippen LogP contribution in [0.4, 0.5) is 23.2 Å². The van der Waals surface area contributed by atoms with Gasteiger partial charge in [0, 0.05) is 56.0 Å². The molecule has 0 radical (unpaired) electrons. The Kier molecular flexibility index (Phi) is 10.9. The van der Waals surface area contributed by atoms with Crippen molar-refractivity contribution in [1.82, 2.24) is 15.2 Å². The minimum atomic E-state index is -4.39. The number of carbonyl (C=O) groups is 2. The summed E-state index contributed by atoms with van der Waals surface area (Å²) in [4.78, 5) is 30.5. The molecule has 2 N–H and O–H groups in total. The maximum Gasteiger partial charge on any atom is 0.416 e. The zero-order chi connectivity index (χ0) is 32.8. The van der Waals surface area contributed by atoms with Crippen LogP contribution in [-0.2, 0) is 27.9 Å². The second-order valence-corrected chi connectivity index (χ2v) is 11.9. The number of likely N-dealkylation sites (tertiary alicyclic amines) is 1. The fraction of sp³-hybridized carbons (Fsp3) is 0.500. The van der Waals surface area contributed by atoms with Gasteiger partial charge in [0.15, 0.2) is 0 Å². The number of aliphatic hydroxyl groups is 1. The van der Waals surface area contributed by atoms with E-state index in [1.807, 2.05) is 13.8 Å². The number of piperidine rings is 1. The van der Waals surface area contributed by atoms with Gasteiger partial charge in [-0.1, -0.05) is 51.3 Å². The van der Waals surface area contributed by atoms with E-state index < -0.39 is 34.5 Å². The first-order valence-electron chi connectivity index (χ1n) is 15.6. The van der Waals surface area contributed by atoms with Crippen molar-refractivity contribution in [3.8, 4) is 0 Å². The van der Waals surface area contributed by atoms with Crippen LogP contribution >= 0.6 is 0 Å². The van der Waals surface area contributed by atoms with Crippen LogP contribution in [0.25, 0.3) is 10.9 Å². The Balaban J connectivity index is 0.00000226. The lowest BCUT2D eigenvalue weighted by Crippen LogP contribution is -2.58. The topological polar surface area (TPSA) is 85.8 Å². The molecule has 2 amide bonds. The summed E-state index contributed by atoms with van der Waals surface area (Å²) in [7, 11) is 1.75. The monoisotopic (exact) mass is 630 g/mol. The number of benzene rings is 2. The lowest BCUT2D eigenvalue weighted by molar-refractivity contribution is -0.161. The Morgan fingerprint density at radius 2 is 1.78 bits per heavy atom. The van der Waals surface area contributed by atoms with Crippen LogP contribution in [-0.4, -0.2) is 54.0 Å². The molecule has 1 saturated carbocycles. The zero-order valence-corrected chi connectivity index (χ0v) is 26.1. The number of amides is 2. The number of fused-ring (bicyclic) bond motifs is 1. The molecular formula is C34H42F4N4O3. The molecule has 45 heavy (non-hydrogen) atoms. The second-order valence-electron chi connectivity index (χ2n) is 11.9. The van der Waals surface area contributed by atoms with E-state index in [-0.39, 0.29) is 30.3 Å². The molecule has 244 valence electrons. The molecule has 1 aromatic heterocycles. The van der Waals surface area contributed by atoms with Crippen molar-refractivity contribution in [3.63, 3.8) is 0 Å². The number of anilines is 1. The minimum absolute atomic E-state index is 0.0705. The van der Waals surface area contributed by atoms with Crippen molar-refractivity contribution >= 4 is 28.9 Å². The van der Waals surface area contributed by atoms with Crippen molar-refractivity contribution in [2.45, 2.75) is 77.1 Å². The average molecular weight is 631 g/mol. The zero-order valence-electron chi connectivity index (χ0n) is 26.1. The van der Waals surface area contributed by atoms with Gasteiger partial charge in [-0.3, -0.25) is 24.8 Å². The first kappa shape index (κ1) is 34.3.